The first kappa shape index (κ1) is 13.3. The molecular weight excluding hydrogens is 258 g/mol. The number of nitrogens with two attached hydrogens (primary N) is 1. The molecule has 0 aliphatic heterocycles. The largest absolute Gasteiger partial charge is 0.455 e. The minimum absolute atomic E-state index is 0.351. The van der Waals surface area contributed by atoms with Gasteiger partial charge in [0, 0.05) is 6.61 Å². The van der Waals surface area contributed by atoms with Gasteiger partial charge in [0.2, 0.25) is 5.82 Å². The summed E-state index contributed by atoms with van der Waals surface area (Å²) in [5.74, 6) is 2.25. The molecule has 0 bridgehead atoms. The summed E-state index contributed by atoms with van der Waals surface area (Å²) in [4.78, 5) is 4.46. The van der Waals surface area contributed by atoms with Crippen LogP contribution < -0.4 is 5.73 Å². The van der Waals surface area contributed by atoms with E-state index in [1.807, 2.05) is 13.0 Å². The molecule has 0 unspecified atom stereocenters. The number of nitrogens with zero attached hydrogens (tertiary/aromatic N) is 2. The molecule has 1 fully saturated rings. The van der Waals surface area contributed by atoms with Crippen LogP contribution in [0.1, 0.15) is 44.2 Å². The lowest BCUT2D eigenvalue weighted by atomic mass is 10.0. The third-order valence-corrected chi connectivity index (χ3v) is 3.74. The van der Waals surface area contributed by atoms with Crippen LogP contribution >= 0.6 is 0 Å². The Bertz CT molecular complexity index is 570. The minimum Gasteiger partial charge on any atom is -0.455 e. The van der Waals surface area contributed by atoms with Crippen molar-refractivity contribution in [1.29, 1.82) is 0 Å². The average Bonchev–Trinajstić information content (AvgIpc) is 3.19. The Labute approximate surface area is 117 Å². The van der Waals surface area contributed by atoms with Crippen molar-refractivity contribution in [2.75, 3.05) is 6.61 Å². The second-order valence-electron chi connectivity index (χ2n) is 5.03. The number of hydrogen-bond donors (Lipinski definition) is 1. The molecule has 1 saturated carbocycles. The van der Waals surface area contributed by atoms with Crippen molar-refractivity contribution < 1.29 is 13.7 Å². The molecule has 6 nitrogen and oxygen atoms in total. The van der Waals surface area contributed by atoms with E-state index in [9.17, 15) is 0 Å². The molecule has 108 valence electrons. The Balaban J connectivity index is 1.88. The summed E-state index contributed by atoms with van der Waals surface area (Å²) in [7, 11) is 0. The van der Waals surface area contributed by atoms with E-state index >= 15 is 0 Å². The van der Waals surface area contributed by atoms with Crippen LogP contribution in [-0.4, -0.2) is 16.7 Å². The summed E-state index contributed by atoms with van der Waals surface area (Å²) in [6, 6.07) is 3.61. The van der Waals surface area contributed by atoms with Gasteiger partial charge in [0.05, 0.1) is 6.54 Å². The van der Waals surface area contributed by atoms with Crippen LogP contribution in [-0.2, 0) is 16.9 Å². The lowest BCUT2D eigenvalue weighted by molar-refractivity contribution is -0.0469. The van der Waals surface area contributed by atoms with Gasteiger partial charge in [-0.05, 0) is 44.7 Å². The van der Waals surface area contributed by atoms with Crippen molar-refractivity contribution >= 4 is 0 Å². The first-order chi connectivity index (χ1) is 9.77. The predicted octanol–water partition coefficient (Wildman–Crippen LogP) is 2.59. The van der Waals surface area contributed by atoms with E-state index in [1.54, 1.807) is 6.07 Å². The zero-order valence-electron chi connectivity index (χ0n) is 11.6. The van der Waals surface area contributed by atoms with E-state index in [1.165, 1.54) is 0 Å². The summed E-state index contributed by atoms with van der Waals surface area (Å²) in [6.07, 6.45) is 4.13. The SMILES string of the molecule is CCOC1(c2noc(-c3ccc(CN)o3)n2)CCCC1. The van der Waals surface area contributed by atoms with Gasteiger partial charge in [0.1, 0.15) is 11.4 Å². The Morgan fingerprint density at radius 3 is 2.80 bits per heavy atom. The maximum absolute atomic E-state index is 5.92. The van der Waals surface area contributed by atoms with Crippen LogP contribution in [0, 0.1) is 0 Å². The van der Waals surface area contributed by atoms with Crippen molar-refractivity contribution in [1.82, 2.24) is 10.1 Å². The highest BCUT2D eigenvalue weighted by molar-refractivity contribution is 5.44. The molecule has 6 heteroatoms. The van der Waals surface area contributed by atoms with E-state index in [2.05, 4.69) is 10.1 Å². The molecule has 1 aliphatic carbocycles. The third-order valence-electron chi connectivity index (χ3n) is 3.74. The van der Waals surface area contributed by atoms with Gasteiger partial charge >= 0.3 is 0 Å². The smallest absolute Gasteiger partial charge is 0.293 e. The van der Waals surface area contributed by atoms with Crippen molar-refractivity contribution in [2.45, 2.75) is 44.8 Å². The average molecular weight is 277 g/mol. The third kappa shape index (κ3) is 2.25. The zero-order valence-corrected chi connectivity index (χ0v) is 11.6. The van der Waals surface area contributed by atoms with Gasteiger partial charge < -0.3 is 19.4 Å². The van der Waals surface area contributed by atoms with Crippen molar-refractivity contribution in [2.24, 2.45) is 5.73 Å². The lowest BCUT2D eigenvalue weighted by Gasteiger charge is -2.24. The highest BCUT2D eigenvalue weighted by Gasteiger charge is 2.41. The summed E-state index contributed by atoms with van der Waals surface area (Å²) >= 11 is 0. The van der Waals surface area contributed by atoms with Gasteiger partial charge in [-0.15, -0.1) is 0 Å². The number of furan rings is 1. The second-order valence-corrected chi connectivity index (χ2v) is 5.03. The normalized spacial score (nSPS) is 17.7. The quantitative estimate of drug-likeness (QED) is 0.903. The van der Waals surface area contributed by atoms with Gasteiger partial charge in [-0.3, -0.25) is 0 Å². The first-order valence-corrected chi connectivity index (χ1v) is 7.05. The highest BCUT2D eigenvalue weighted by atomic mass is 16.5. The fraction of sp³-hybridized carbons (Fsp3) is 0.571. The molecule has 0 amide bonds. The maximum Gasteiger partial charge on any atom is 0.293 e. The maximum atomic E-state index is 5.92. The Morgan fingerprint density at radius 1 is 1.35 bits per heavy atom. The highest BCUT2D eigenvalue weighted by Crippen LogP contribution is 2.41. The van der Waals surface area contributed by atoms with E-state index < -0.39 is 0 Å². The van der Waals surface area contributed by atoms with Crippen LogP contribution in [0.3, 0.4) is 0 Å². The number of aromatic nitrogens is 2. The van der Waals surface area contributed by atoms with Crippen LogP contribution in [0.5, 0.6) is 0 Å². The predicted molar refractivity (Wildman–Crippen MR) is 71.7 cm³/mol. The second kappa shape index (κ2) is 5.38. The lowest BCUT2D eigenvalue weighted by Crippen LogP contribution is -2.27. The molecule has 0 saturated heterocycles. The standard InChI is InChI=1S/C14H19N3O3/c1-2-18-14(7-3-4-8-14)13-16-12(20-17-13)11-6-5-10(9-15)19-11/h5-6H,2-4,7-9,15H2,1H3. The van der Waals surface area contributed by atoms with Gasteiger partial charge in [-0.2, -0.15) is 4.98 Å². The zero-order chi connectivity index (χ0) is 14.0. The number of rotatable bonds is 5. The molecule has 3 rings (SSSR count). The fourth-order valence-corrected chi connectivity index (χ4v) is 2.77. The van der Waals surface area contributed by atoms with E-state index in [4.69, 9.17) is 19.4 Å². The van der Waals surface area contributed by atoms with Crippen LogP contribution in [0.15, 0.2) is 21.1 Å². The molecule has 0 spiro atoms. The van der Waals surface area contributed by atoms with E-state index in [0.717, 1.165) is 25.7 Å². The van der Waals surface area contributed by atoms with Crippen LogP contribution in [0.25, 0.3) is 11.7 Å². The molecule has 2 heterocycles. The summed E-state index contributed by atoms with van der Waals surface area (Å²) in [6.45, 7) is 2.98. The molecule has 2 N–H and O–H groups in total. The van der Waals surface area contributed by atoms with E-state index in [-0.39, 0.29) is 5.60 Å². The molecular formula is C14H19N3O3. The molecule has 2 aromatic rings. The Morgan fingerprint density at radius 2 is 2.15 bits per heavy atom. The Hall–Kier alpha value is -1.66. The summed E-state index contributed by atoms with van der Waals surface area (Å²) in [5.41, 5.74) is 5.14. The number of ether oxygens (including phenoxy) is 1. The van der Waals surface area contributed by atoms with Crippen molar-refractivity contribution in [3.8, 4) is 11.7 Å². The van der Waals surface area contributed by atoms with Crippen molar-refractivity contribution in [3.05, 3.63) is 23.7 Å². The topological polar surface area (TPSA) is 87.3 Å². The molecule has 1 aliphatic rings. The van der Waals surface area contributed by atoms with Gasteiger partial charge in [-0.1, -0.05) is 5.16 Å². The van der Waals surface area contributed by atoms with Gasteiger partial charge in [0.15, 0.2) is 5.76 Å². The Kier molecular flexibility index (Phi) is 3.58. The molecule has 2 aromatic heterocycles. The molecule has 0 atom stereocenters. The molecule has 0 radical (unpaired) electrons. The molecule has 0 aromatic carbocycles. The van der Waals surface area contributed by atoms with E-state index in [0.29, 0.717) is 36.4 Å². The summed E-state index contributed by atoms with van der Waals surface area (Å²) < 4.78 is 16.8. The minimum atomic E-state index is -0.389. The summed E-state index contributed by atoms with van der Waals surface area (Å²) in [5, 5.41) is 4.10. The number of hydrogen-bond acceptors (Lipinski definition) is 6. The molecule has 20 heavy (non-hydrogen) atoms. The fourth-order valence-electron chi connectivity index (χ4n) is 2.77. The van der Waals surface area contributed by atoms with Crippen LogP contribution in [0.4, 0.5) is 0 Å². The monoisotopic (exact) mass is 277 g/mol. The van der Waals surface area contributed by atoms with Gasteiger partial charge in [0.25, 0.3) is 5.89 Å². The van der Waals surface area contributed by atoms with Gasteiger partial charge in [-0.25, -0.2) is 0 Å². The van der Waals surface area contributed by atoms with Crippen molar-refractivity contribution in [3.63, 3.8) is 0 Å². The van der Waals surface area contributed by atoms with Crippen LogP contribution in [0.2, 0.25) is 0 Å². The first-order valence-electron chi connectivity index (χ1n) is 7.05.